The van der Waals surface area contributed by atoms with Gasteiger partial charge in [0.15, 0.2) is 0 Å². The summed E-state index contributed by atoms with van der Waals surface area (Å²) in [7, 11) is 2.12. The van der Waals surface area contributed by atoms with Gasteiger partial charge in [-0.15, -0.1) is 0 Å². The van der Waals surface area contributed by atoms with Crippen LogP contribution in [-0.4, -0.2) is 55.5 Å². The Labute approximate surface area is 129 Å². The normalized spacial score (nSPS) is 17.1. The molecule has 1 heterocycles. The molecule has 1 aromatic rings. The number of hydrogen-bond acceptors (Lipinski definition) is 3. The summed E-state index contributed by atoms with van der Waals surface area (Å²) < 4.78 is 0. The summed E-state index contributed by atoms with van der Waals surface area (Å²) in [6, 6.07) is 5.10. The maximum Gasteiger partial charge on any atom is 0.225 e. The number of halogens is 2. The van der Waals surface area contributed by atoms with E-state index in [0.29, 0.717) is 22.2 Å². The van der Waals surface area contributed by atoms with Crippen LogP contribution >= 0.6 is 23.2 Å². The Morgan fingerprint density at radius 2 is 1.90 bits per heavy atom. The van der Waals surface area contributed by atoms with E-state index in [0.717, 1.165) is 32.7 Å². The molecule has 0 spiro atoms. The first-order chi connectivity index (χ1) is 9.54. The van der Waals surface area contributed by atoms with Crippen molar-refractivity contribution in [2.24, 2.45) is 0 Å². The number of nitrogens with one attached hydrogen (secondary N) is 1. The molecule has 1 saturated heterocycles. The molecule has 0 radical (unpaired) electrons. The molecule has 1 aromatic carbocycles. The van der Waals surface area contributed by atoms with E-state index < -0.39 is 0 Å². The second kappa shape index (κ2) is 7.27. The highest BCUT2D eigenvalue weighted by Gasteiger charge is 2.14. The first-order valence-corrected chi connectivity index (χ1v) is 7.46. The summed E-state index contributed by atoms with van der Waals surface area (Å²) in [4.78, 5) is 16.5. The van der Waals surface area contributed by atoms with Crippen LogP contribution in [0.4, 0.5) is 5.69 Å². The molecule has 20 heavy (non-hydrogen) atoms. The summed E-state index contributed by atoms with van der Waals surface area (Å²) in [5, 5.41) is 3.77. The first-order valence-electron chi connectivity index (χ1n) is 6.70. The average Bonchev–Trinajstić information content (AvgIpc) is 2.42. The fourth-order valence-corrected chi connectivity index (χ4v) is 2.43. The van der Waals surface area contributed by atoms with Crippen molar-refractivity contribution in [3.05, 3.63) is 28.2 Å². The van der Waals surface area contributed by atoms with Crippen molar-refractivity contribution in [2.75, 3.05) is 45.1 Å². The van der Waals surface area contributed by atoms with Gasteiger partial charge in [-0.2, -0.15) is 0 Å². The molecule has 0 saturated carbocycles. The topological polar surface area (TPSA) is 35.6 Å². The third-order valence-electron chi connectivity index (χ3n) is 3.45. The number of rotatable bonds is 4. The van der Waals surface area contributed by atoms with Gasteiger partial charge in [0.25, 0.3) is 0 Å². The number of likely N-dealkylation sites (N-methyl/N-ethyl adjacent to an activating group) is 1. The van der Waals surface area contributed by atoms with Gasteiger partial charge in [0, 0.05) is 44.8 Å². The number of hydrogen-bond donors (Lipinski definition) is 1. The molecule has 0 bridgehead atoms. The SMILES string of the molecule is CN1CCN(CCC(=O)Nc2ccc(Cl)c(Cl)c2)CC1. The molecule has 6 heteroatoms. The third kappa shape index (κ3) is 4.63. The highest BCUT2D eigenvalue weighted by Crippen LogP contribution is 2.25. The molecule has 1 aliphatic rings. The van der Waals surface area contributed by atoms with E-state index in [1.54, 1.807) is 18.2 Å². The largest absolute Gasteiger partial charge is 0.326 e. The van der Waals surface area contributed by atoms with Crippen LogP contribution in [0.15, 0.2) is 18.2 Å². The molecule has 0 atom stereocenters. The number of piperazine rings is 1. The summed E-state index contributed by atoms with van der Waals surface area (Å²) >= 11 is 11.8. The van der Waals surface area contributed by atoms with Gasteiger partial charge in [-0.1, -0.05) is 23.2 Å². The van der Waals surface area contributed by atoms with Crippen LogP contribution < -0.4 is 5.32 Å². The van der Waals surface area contributed by atoms with Gasteiger partial charge in [0.2, 0.25) is 5.91 Å². The van der Waals surface area contributed by atoms with Gasteiger partial charge in [-0.05, 0) is 25.2 Å². The number of benzene rings is 1. The highest BCUT2D eigenvalue weighted by molar-refractivity contribution is 6.42. The molecule has 110 valence electrons. The van der Waals surface area contributed by atoms with Crippen molar-refractivity contribution in [3.63, 3.8) is 0 Å². The van der Waals surface area contributed by atoms with E-state index in [2.05, 4.69) is 22.2 Å². The van der Waals surface area contributed by atoms with E-state index in [1.807, 2.05) is 0 Å². The Balaban J connectivity index is 1.76. The van der Waals surface area contributed by atoms with Crippen molar-refractivity contribution >= 4 is 34.8 Å². The van der Waals surface area contributed by atoms with Gasteiger partial charge >= 0.3 is 0 Å². The predicted molar refractivity (Wildman–Crippen MR) is 83.6 cm³/mol. The quantitative estimate of drug-likeness (QED) is 0.927. The number of carbonyl (C=O) groups excluding carboxylic acids is 1. The molecule has 1 aliphatic heterocycles. The van der Waals surface area contributed by atoms with Crippen molar-refractivity contribution in [2.45, 2.75) is 6.42 Å². The van der Waals surface area contributed by atoms with Crippen LogP contribution in [0, 0.1) is 0 Å². The van der Waals surface area contributed by atoms with E-state index >= 15 is 0 Å². The van der Waals surface area contributed by atoms with Gasteiger partial charge in [-0.3, -0.25) is 4.79 Å². The lowest BCUT2D eigenvalue weighted by Crippen LogP contribution is -2.45. The fourth-order valence-electron chi connectivity index (χ4n) is 2.13. The number of carbonyl (C=O) groups is 1. The summed E-state index contributed by atoms with van der Waals surface area (Å²) in [6.07, 6.45) is 0.490. The van der Waals surface area contributed by atoms with E-state index in [-0.39, 0.29) is 5.91 Å². The molecule has 1 amide bonds. The highest BCUT2D eigenvalue weighted by atomic mass is 35.5. The average molecular weight is 316 g/mol. The molecule has 1 fully saturated rings. The first kappa shape index (κ1) is 15.6. The Morgan fingerprint density at radius 3 is 2.55 bits per heavy atom. The van der Waals surface area contributed by atoms with Crippen LogP contribution in [0.5, 0.6) is 0 Å². The van der Waals surface area contributed by atoms with Crippen LogP contribution in [0.2, 0.25) is 10.0 Å². The monoisotopic (exact) mass is 315 g/mol. The zero-order valence-corrected chi connectivity index (χ0v) is 13.0. The molecule has 0 unspecified atom stereocenters. The lowest BCUT2D eigenvalue weighted by Gasteiger charge is -2.32. The van der Waals surface area contributed by atoms with Crippen molar-refractivity contribution < 1.29 is 4.79 Å². The lowest BCUT2D eigenvalue weighted by atomic mass is 10.2. The van der Waals surface area contributed by atoms with Gasteiger partial charge in [0.05, 0.1) is 10.0 Å². The number of amides is 1. The molecule has 2 rings (SSSR count). The lowest BCUT2D eigenvalue weighted by molar-refractivity contribution is -0.116. The summed E-state index contributed by atoms with van der Waals surface area (Å²) in [5.74, 6) is 0.00215. The Morgan fingerprint density at radius 1 is 1.20 bits per heavy atom. The minimum Gasteiger partial charge on any atom is -0.326 e. The van der Waals surface area contributed by atoms with Gasteiger partial charge in [-0.25, -0.2) is 0 Å². The zero-order valence-electron chi connectivity index (χ0n) is 11.5. The van der Waals surface area contributed by atoms with Gasteiger partial charge < -0.3 is 15.1 Å². The fraction of sp³-hybridized carbons (Fsp3) is 0.500. The predicted octanol–water partition coefficient (Wildman–Crippen LogP) is 2.57. The molecular formula is C14H19Cl2N3O. The van der Waals surface area contributed by atoms with Crippen LogP contribution in [0.3, 0.4) is 0 Å². The third-order valence-corrected chi connectivity index (χ3v) is 4.19. The summed E-state index contributed by atoms with van der Waals surface area (Å²) in [5.41, 5.74) is 0.683. The van der Waals surface area contributed by atoms with Crippen LogP contribution in [0.1, 0.15) is 6.42 Å². The van der Waals surface area contributed by atoms with E-state index in [9.17, 15) is 4.79 Å². The van der Waals surface area contributed by atoms with E-state index in [4.69, 9.17) is 23.2 Å². The van der Waals surface area contributed by atoms with Crippen LogP contribution in [0.25, 0.3) is 0 Å². The standard InChI is InChI=1S/C14H19Cl2N3O/c1-18-6-8-19(9-7-18)5-4-14(20)17-11-2-3-12(15)13(16)10-11/h2-3,10H,4-9H2,1H3,(H,17,20). The Hall–Kier alpha value is -0.810. The molecule has 0 aromatic heterocycles. The van der Waals surface area contributed by atoms with Crippen molar-refractivity contribution in [1.82, 2.24) is 9.80 Å². The van der Waals surface area contributed by atoms with Gasteiger partial charge in [0.1, 0.15) is 0 Å². The molecule has 1 N–H and O–H groups in total. The van der Waals surface area contributed by atoms with Crippen LogP contribution in [-0.2, 0) is 4.79 Å². The van der Waals surface area contributed by atoms with E-state index in [1.165, 1.54) is 0 Å². The molecule has 0 aliphatic carbocycles. The number of nitrogens with zero attached hydrogens (tertiary/aromatic N) is 2. The molecular weight excluding hydrogens is 297 g/mol. The Kier molecular flexibility index (Phi) is 5.66. The smallest absolute Gasteiger partial charge is 0.225 e. The summed E-state index contributed by atoms with van der Waals surface area (Å²) in [6.45, 7) is 4.97. The second-order valence-corrected chi connectivity index (χ2v) is 5.89. The minimum absolute atomic E-state index is 0.00215. The van der Waals surface area contributed by atoms with Crippen molar-refractivity contribution in [1.29, 1.82) is 0 Å². The number of anilines is 1. The zero-order chi connectivity index (χ0) is 14.5. The van der Waals surface area contributed by atoms with Crippen molar-refractivity contribution in [3.8, 4) is 0 Å². The maximum atomic E-state index is 11.9. The Bertz CT molecular complexity index is 473. The minimum atomic E-state index is 0.00215. The maximum absolute atomic E-state index is 11.9. The molecule has 4 nitrogen and oxygen atoms in total. The second-order valence-electron chi connectivity index (χ2n) is 5.07.